The molecule has 3 nitrogen and oxygen atoms in total. The van der Waals surface area contributed by atoms with Gasteiger partial charge in [0.25, 0.3) is 0 Å². The molecule has 3 aromatic rings. The third-order valence-electron chi connectivity index (χ3n) is 4.15. The van der Waals surface area contributed by atoms with Gasteiger partial charge in [0.1, 0.15) is 6.61 Å². The van der Waals surface area contributed by atoms with Crippen molar-refractivity contribution < 1.29 is 9.47 Å². The number of rotatable bonds is 7. The Bertz CT molecular complexity index is 1020. The Hall–Kier alpha value is -2.01. The predicted molar refractivity (Wildman–Crippen MR) is 125 cm³/mol. The SMILES string of the molecule is CCOc1cc(C=Nc2ccc(C)c(Cl)c2)cc(Br)c1OCc1ccc(Cl)cc1. The molecule has 0 spiro atoms. The summed E-state index contributed by atoms with van der Waals surface area (Å²) in [7, 11) is 0. The zero-order valence-electron chi connectivity index (χ0n) is 16.1. The van der Waals surface area contributed by atoms with Crippen molar-refractivity contribution in [3.63, 3.8) is 0 Å². The van der Waals surface area contributed by atoms with Gasteiger partial charge in [0.15, 0.2) is 11.5 Å². The summed E-state index contributed by atoms with van der Waals surface area (Å²) >= 11 is 15.7. The fourth-order valence-corrected chi connectivity index (χ4v) is 3.49. The lowest BCUT2D eigenvalue weighted by molar-refractivity contribution is 0.267. The summed E-state index contributed by atoms with van der Waals surface area (Å²) < 4.78 is 12.6. The molecule has 150 valence electrons. The molecule has 0 saturated carbocycles. The van der Waals surface area contributed by atoms with Crippen molar-refractivity contribution in [2.45, 2.75) is 20.5 Å². The Labute approximate surface area is 189 Å². The maximum absolute atomic E-state index is 6.18. The van der Waals surface area contributed by atoms with Gasteiger partial charge in [0, 0.05) is 16.3 Å². The van der Waals surface area contributed by atoms with E-state index in [-0.39, 0.29) is 0 Å². The van der Waals surface area contributed by atoms with Crippen LogP contribution < -0.4 is 9.47 Å². The molecule has 3 aromatic carbocycles. The number of halogens is 3. The van der Waals surface area contributed by atoms with Crippen LogP contribution in [-0.4, -0.2) is 12.8 Å². The number of hydrogen-bond acceptors (Lipinski definition) is 3. The Morgan fingerprint density at radius 3 is 2.45 bits per heavy atom. The highest BCUT2D eigenvalue weighted by Crippen LogP contribution is 2.37. The monoisotopic (exact) mass is 491 g/mol. The molecular weight excluding hydrogens is 473 g/mol. The standard InChI is InChI=1S/C23H20BrCl2NO2/c1-3-28-22-11-17(13-27-19-9-4-15(2)21(26)12-19)10-20(24)23(22)29-14-16-5-7-18(25)8-6-16/h4-13H,3,14H2,1-2H3. The average molecular weight is 493 g/mol. The average Bonchev–Trinajstić information content (AvgIpc) is 2.70. The molecular formula is C23H20BrCl2NO2. The van der Waals surface area contributed by atoms with Crippen molar-refractivity contribution in [3.8, 4) is 11.5 Å². The summed E-state index contributed by atoms with van der Waals surface area (Å²) in [5, 5.41) is 1.39. The van der Waals surface area contributed by atoms with Crippen LogP contribution in [-0.2, 0) is 6.61 Å². The van der Waals surface area contributed by atoms with Crippen LogP contribution >= 0.6 is 39.1 Å². The highest BCUT2D eigenvalue weighted by Gasteiger charge is 2.12. The number of benzene rings is 3. The number of nitrogens with zero attached hydrogens (tertiary/aromatic N) is 1. The predicted octanol–water partition coefficient (Wildman–Crippen LogP) is 7.79. The lowest BCUT2D eigenvalue weighted by Gasteiger charge is -2.14. The van der Waals surface area contributed by atoms with Gasteiger partial charge in [-0.2, -0.15) is 0 Å². The van der Waals surface area contributed by atoms with Gasteiger partial charge in [-0.15, -0.1) is 0 Å². The summed E-state index contributed by atoms with van der Waals surface area (Å²) in [6, 6.07) is 17.1. The number of aliphatic imine (C=N–C) groups is 1. The van der Waals surface area contributed by atoms with E-state index in [9.17, 15) is 0 Å². The molecule has 6 heteroatoms. The highest BCUT2D eigenvalue weighted by molar-refractivity contribution is 9.10. The zero-order chi connectivity index (χ0) is 20.8. The normalized spacial score (nSPS) is 11.1. The molecule has 0 saturated heterocycles. The first-order valence-electron chi connectivity index (χ1n) is 9.10. The van der Waals surface area contributed by atoms with Crippen LogP contribution in [0.4, 0.5) is 5.69 Å². The van der Waals surface area contributed by atoms with Crippen LogP contribution in [0.1, 0.15) is 23.6 Å². The molecule has 0 unspecified atom stereocenters. The van der Waals surface area contributed by atoms with Gasteiger partial charge in [-0.05, 0) is 82.9 Å². The van der Waals surface area contributed by atoms with Gasteiger partial charge in [-0.25, -0.2) is 0 Å². The van der Waals surface area contributed by atoms with Crippen LogP contribution in [0.15, 0.2) is 64.1 Å². The van der Waals surface area contributed by atoms with E-state index in [0.29, 0.717) is 34.8 Å². The van der Waals surface area contributed by atoms with Crippen molar-refractivity contribution >= 4 is 51.0 Å². The lowest BCUT2D eigenvalue weighted by Crippen LogP contribution is -2.01. The van der Waals surface area contributed by atoms with E-state index < -0.39 is 0 Å². The molecule has 0 fully saturated rings. The number of hydrogen-bond donors (Lipinski definition) is 0. The summed E-state index contributed by atoms with van der Waals surface area (Å²) in [4.78, 5) is 4.51. The summed E-state index contributed by atoms with van der Waals surface area (Å²) in [6.07, 6.45) is 1.78. The van der Waals surface area contributed by atoms with Gasteiger partial charge in [-0.1, -0.05) is 41.4 Å². The van der Waals surface area contributed by atoms with E-state index in [4.69, 9.17) is 32.7 Å². The van der Waals surface area contributed by atoms with Gasteiger partial charge < -0.3 is 9.47 Å². The molecule has 0 bridgehead atoms. The van der Waals surface area contributed by atoms with E-state index in [2.05, 4.69) is 20.9 Å². The van der Waals surface area contributed by atoms with E-state index in [1.807, 2.05) is 68.4 Å². The number of aryl methyl sites for hydroxylation is 1. The minimum atomic E-state index is 0.408. The molecule has 0 atom stereocenters. The van der Waals surface area contributed by atoms with Crippen LogP contribution in [0, 0.1) is 6.92 Å². The van der Waals surface area contributed by atoms with E-state index in [0.717, 1.165) is 26.9 Å². The van der Waals surface area contributed by atoms with Gasteiger partial charge in [0.2, 0.25) is 0 Å². The van der Waals surface area contributed by atoms with Crippen LogP contribution in [0.2, 0.25) is 10.0 Å². The highest BCUT2D eigenvalue weighted by atomic mass is 79.9. The fourth-order valence-electron chi connectivity index (χ4n) is 2.61. The quantitative estimate of drug-likeness (QED) is 0.315. The molecule has 0 amide bonds. The maximum atomic E-state index is 6.18. The van der Waals surface area contributed by atoms with Crippen molar-refractivity contribution in [3.05, 3.63) is 85.8 Å². The Morgan fingerprint density at radius 2 is 1.76 bits per heavy atom. The van der Waals surface area contributed by atoms with Gasteiger partial charge >= 0.3 is 0 Å². The maximum Gasteiger partial charge on any atom is 0.175 e. The summed E-state index contributed by atoms with van der Waals surface area (Å²) in [5.74, 6) is 1.30. The molecule has 0 aliphatic rings. The zero-order valence-corrected chi connectivity index (χ0v) is 19.2. The Balaban J connectivity index is 1.82. The van der Waals surface area contributed by atoms with Crippen molar-refractivity contribution in [1.29, 1.82) is 0 Å². The molecule has 0 heterocycles. The molecule has 0 aliphatic heterocycles. The van der Waals surface area contributed by atoms with E-state index >= 15 is 0 Å². The minimum Gasteiger partial charge on any atom is -0.490 e. The minimum absolute atomic E-state index is 0.408. The van der Waals surface area contributed by atoms with E-state index in [1.54, 1.807) is 6.21 Å². The first kappa shape index (κ1) is 21.7. The Kier molecular flexibility index (Phi) is 7.59. The van der Waals surface area contributed by atoms with Gasteiger partial charge in [0.05, 0.1) is 16.8 Å². The van der Waals surface area contributed by atoms with Crippen LogP contribution in [0.5, 0.6) is 11.5 Å². The first-order chi connectivity index (χ1) is 14.0. The lowest BCUT2D eigenvalue weighted by atomic mass is 10.2. The van der Waals surface area contributed by atoms with E-state index in [1.165, 1.54) is 0 Å². The smallest absolute Gasteiger partial charge is 0.175 e. The van der Waals surface area contributed by atoms with Crippen molar-refractivity contribution in [2.75, 3.05) is 6.61 Å². The van der Waals surface area contributed by atoms with Gasteiger partial charge in [-0.3, -0.25) is 4.99 Å². The first-order valence-corrected chi connectivity index (χ1v) is 10.6. The van der Waals surface area contributed by atoms with Crippen LogP contribution in [0.3, 0.4) is 0 Å². The van der Waals surface area contributed by atoms with Crippen LogP contribution in [0.25, 0.3) is 0 Å². The second-order valence-electron chi connectivity index (χ2n) is 6.37. The Morgan fingerprint density at radius 1 is 1.00 bits per heavy atom. The molecule has 0 N–H and O–H groups in total. The molecule has 29 heavy (non-hydrogen) atoms. The molecule has 0 aliphatic carbocycles. The third-order valence-corrected chi connectivity index (χ3v) is 5.39. The third kappa shape index (κ3) is 5.99. The largest absolute Gasteiger partial charge is 0.490 e. The summed E-state index contributed by atoms with van der Waals surface area (Å²) in [5.41, 5.74) is 3.72. The second kappa shape index (κ2) is 10.1. The van der Waals surface area contributed by atoms with Crippen molar-refractivity contribution in [2.24, 2.45) is 4.99 Å². The fraction of sp³-hybridized carbons (Fsp3) is 0.174. The topological polar surface area (TPSA) is 30.8 Å². The molecule has 0 radical (unpaired) electrons. The summed E-state index contributed by atoms with van der Waals surface area (Å²) in [6.45, 7) is 4.83. The second-order valence-corrected chi connectivity index (χ2v) is 8.07. The molecule has 3 rings (SSSR count). The van der Waals surface area contributed by atoms with Crippen molar-refractivity contribution in [1.82, 2.24) is 0 Å². The number of ether oxygens (including phenoxy) is 2. The molecule has 0 aromatic heterocycles.